The molecule has 108 valence electrons. The van der Waals surface area contributed by atoms with Crippen LogP contribution in [0.2, 0.25) is 0 Å². The van der Waals surface area contributed by atoms with Gasteiger partial charge in [0.25, 0.3) is 0 Å². The van der Waals surface area contributed by atoms with Crippen LogP contribution in [0.4, 0.5) is 5.69 Å². The predicted molar refractivity (Wildman–Crippen MR) is 84.2 cm³/mol. The SMILES string of the molecule is CC(C)C1CN=C(Nc2ccc3c(c2)OCCCO3)S1. The Labute approximate surface area is 123 Å². The first kappa shape index (κ1) is 13.6. The van der Waals surface area contributed by atoms with Crippen molar-refractivity contribution in [3.8, 4) is 11.5 Å². The Bertz CT molecular complexity index is 517. The summed E-state index contributed by atoms with van der Waals surface area (Å²) in [5.41, 5.74) is 1.00. The zero-order valence-electron chi connectivity index (χ0n) is 11.9. The van der Waals surface area contributed by atoms with Crippen LogP contribution in [0.1, 0.15) is 20.3 Å². The van der Waals surface area contributed by atoms with E-state index in [1.54, 1.807) is 0 Å². The third-order valence-corrected chi connectivity index (χ3v) is 4.87. The molecule has 0 aromatic heterocycles. The van der Waals surface area contributed by atoms with Gasteiger partial charge in [0.05, 0.1) is 19.8 Å². The van der Waals surface area contributed by atoms with Crippen molar-refractivity contribution in [3.05, 3.63) is 18.2 Å². The molecule has 0 amide bonds. The van der Waals surface area contributed by atoms with Crippen LogP contribution >= 0.6 is 11.8 Å². The van der Waals surface area contributed by atoms with Gasteiger partial charge in [-0.25, -0.2) is 0 Å². The van der Waals surface area contributed by atoms with Gasteiger partial charge in [-0.05, 0) is 18.1 Å². The van der Waals surface area contributed by atoms with Gasteiger partial charge in [-0.15, -0.1) is 0 Å². The van der Waals surface area contributed by atoms with Crippen LogP contribution in [-0.2, 0) is 0 Å². The van der Waals surface area contributed by atoms with E-state index in [-0.39, 0.29) is 0 Å². The highest BCUT2D eigenvalue weighted by atomic mass is 32.2. The van der Waals surface area contributed by atoms with Crippen LogP contribution in [0.3, 0.4) is 0 Å². The summed E-state index contributed by atoms with van der Waals surface area (Å²) < 4.78 is 11.3. The Balaban J connectivity index is 1.68. The second kappa shape index (κ2) is 5.95. The van der Waals surface area contributed by atoms with Crippen molar-refractivity contribution in [1.82, 2.24) is 0 Å². The van der Waals surface area contributed by atoms with Crippen molar-refractivity contribution < 1.29 is 9.47 Å². The maximum Gasteiger partial charge on any atom is 0.163 e. The van der Waals surface area contributed by atoms with Gasteiger partial charge in [0.15, 0.2) is 16.7 Å². The lowest BCUT2D eigenvalue weighted by Gasteiger charge is -2.13. The molecule has 0 saturated carbocycles. The number of anilines is 1. The largest absolute Gasteiger partial charge is 0.490 e. The maximum absolute atomic E-state index is 5.70. The van der Waals surface area contributed by atoms with Crippen molar-refractivity contribution in [2.24, 2.45) is 10.9 Å². The molecule has 2 aliphatic rings. The van der Waals surface area contributed by atoms with E-state index in [2.05, 4.69) is 24.2 Å². The Morgan fingerprint density at radius 2 is 2.05 bits per heavy atom. The van der Waals surface area contributed by atoms with Gasteiger partial charge in [0.1, 0.15) is 0 Å². The molecule has 0 aliphatic carbocycles. The highest BCUT2D eigenvalue weighted by molar-refractivity contribution is 8.15. The van der Waals surface area contributed by atoms with E-state index >= 15 is 0 Å². The van der Waals surface area contributed by atoms with Crippen molar-refractivity contribution in [2.75, 3.05) is 25.1 Å². The van der Waals surface area contributed by atoms with Crippen LogP contribution in [-0.4, -0.2) is 30.2 Å². The third-order valence-electron chi connectivity index (χ3n) is 3.42. The molecule has 4 nitrogen and oxygen atoms in total. The van der Waals surface area contributed by atoms with Gasteiger partial charge in [-0.1, -0.05) is 25.6 Å². The number of ether oxygens (including phenoxy) is 2. The van der Waals surface area contributed by atoms with Crippen LogP contribution in [0, 0.1) is 5.92 Å². The maximum atomic E-state index is 5.70. The van der Waals surface area contributed by atoms with Crippen LogP contribution < -0.4 is 14.8 Å². The van der Waals surface area contributed by atoms with E-state index in [4.69, 9.17) is 9.47 Å². The number of thioether (sulfide) groups is 1. The van der Waals surface area contributed by atoms with Gasteiger partial charge in [0.2, 0.25) is 0 Å². The van der Waals surface area contributed by atoms with Gasteiger partial charge >= 0.3 is 0 Å². The van der Waals surface area contributed by atoms with E-state index in [0.717, 1.165) is 41.9 Å². The molecule has 0 spiro atoms. The fourth-order valence-corrected chi connectivity index (χ4v) is 3.21. The highest BCUT2D eigenvalue weighted by Crippen LogP contribution is 2.34. The highest BCUT2D eigenvalue weighted by Gasteiger charge is 2.22. The lowest BCUT2D eigenvalue weighted by Crippen LogP contribution is -2.13. The first-order valence-corrected chi connectivity index (χ1v) is 7.98. The molecule has 0 saturated heterocycles. The van der Waals surface area contributed by atoms with E-state index in [1.165, 1.54) is 0 Å². The molecule has 5 heteroatoms. The number of benzene rings is 1. The topological polar surface area (TPSA) is 42.9 Å². The Morgan fingerprint density at radius 3 is 2.80 bits per heavy atom. The molecule has 1 N–H and O–H groups in total. The van der Waals surface area contributed by atoms with Gasteiger partial charge < -0.3 is 14.8 Å². The van der Waals surface area contributed by atoms with Crippen molar-refractivity contribution in [3.63, 3.8) is 0 Å². The van der Waals surface area contributed by atoms with E-state index in [1.807, 2.05) is 30.0 Å². The predicted octanol–water partition coefficient (Wildman–Crippen LogP) is 3.39. The minimum atomic E-state index is 0.581. The number of amidine groups is 1. The zero-order valence-corrected chi connectivity index (χ0v) is 12.7. The summed E-state index contributed by atoms with van der Waals surface area (Å²) in [5.74, 6) is 2.29. The number of hydrogen-bond donors (Lipinski definition) is 1. The molecule has 1 aromatic rings. The third kappa shape index (κ3) is 3.03. The quantitative estimate of drug-likeness (QED) is 0.907. The molecule has 2 aliphatic heterocycles. The average Bonchev–Trinajstić information content (AvgIpc) is 2.77. The Hall–Kier alpha value is -1.36. The van der Waals surface area contributed by atoms with E-state index in [9.17, 15) is 0 Å². The second-order valence-electron chi connectivity index (χ2n) is 5.38. The summed E-state index contributed by atoms with van der Waals surface area (Å²) >= 11 is 1.82. The number of nitrogens with one attached hydrogen (secondary N) is 1. The normalized spacial score (nSPS) is 21.6. The number of nitrogens with zero attached hydrogens (tertiary/aromatic N) is 1. The van der Waals surface area contributed by atoms with E-state index in [0.29, 0.717) is 17.8 Å². The van der Waals surface area contributed by atoms with Crippen LogP contribution in [0.5, 0.6) is 11.5 Å². The molecule has 2 heterocycles. The molecule has 0 fully saturated rings. The molecule has 3 rings (SSSR count). The van der Waals surface area contributed by atoms with Gasteiger partial charge in [-0.3, -0.25) is 4.99 Å². The summed E-state index contributed by atoms with van der Waals surface area (Å²) in [4.78, 5) is 4.56. The van der Waals surface area contributed by atoms with Crippen molar-refractivity contribution >= 4 is 22.6 Å². The summed E-state index contributed by atoms with van der Waals surface area (Å²) in [7, 11) is 0. The van der Waals surface area contributed by atoms with E-state index < -0.39 is 0 Å². The number of hydrogen-bond acceptors (Lipinski definition) is 5. The molecule has 1 unspecified atom stereocenters. The first-order chi connectivity index (χ1) is 9.72. The van der Waals surface area contributed by atoms with Gasteiger partial charge in [0, 0.05) is 23.4 Å². The second-order valence-corrected chi connectivity index (χ2v) is 6.61. The molecule has 1 atom stereocenters. The Kier molecular flexibility index (Phi) is 4.05. The first-order valence-electron chi connectivity index (χ1n) is 7.10. The average molecular weight is 292 g/mol. The van der Waals surface area contributed by atoms with Gasteiger partial charge in [-0.2, -0.15) is 0 Å². The minimum Gasteiger partial charge on any atom is -0.490 e. The fourth-order valence-electron chi connectivity index (χ4n) is 2.17. The lowest BCUT2D eigenvalue weighted by molar-refractivity contribution is 0.297. The fraction of sp³-hybridized carbons (Fsp3) is 0.533. The Morgan fingerprint density at radius 1 is 1.25 bits per heavy atom. The molecule has 1 aromatic carbocycles. The molecule has 0 bridgehead atoms. The summed E-state index contributed by atoms with van der Waals surface area (Å²) in [6.45, 7) is 6.81. The zero-order chi connectivity index (χ0) is 13.9. The summed E-state index contributed by atoms with van der Waals surface area (Å²) in [6, 6.07) is 5.97. The lowest BCUT2D eigenvalue weighted by atomic mass is 10.1. The molecular formula is C15H20N2O2S. The monoisotopic (exact) mass is 292 g/mol. The van der Waals surface area contributed by atoms with Crippen LogP contribution in [0.25, 0.3) is 0 Å². The summed E-state index contributed by atoms with van der Waals surface area (Å²) in [6.07, 6.45) is 0.927. The molecule has 0 radical (unpaired) electrons. The summed E-state index contributed by atoms with van der Waals surface area (Å²) in [5, 5.41) is 4.95. The standard InChI is InChI=1S/C15H20N2O2S/c1-10(2)14-9-16-15(20-14)17-11-4-5-12-13(8-11)19-7-3-6-18-12/h4-5,8,10,14H,3,6-7,9H2,1-2H3,(H,16,17). The number of rotatable bonds is 2. The number of aliphatic imine (C=N–C) groups is 1. The van der Waals surface area contributed by atoms with Crippen LogP contribution in [0.15, 0.2) is 23.2 Å². The van der Waals surface area contributed by atoms with Crippen molar-refractivity contribution in [1.29, 1.82) is 0 Å². The minimum absolute atomic E-state index is 0.581. The van der Waals surface area contributed by atoms with Crippen molar-refractivity contribution in [2.45, 2.75) is 25.5 Å². The number of fused-ring (bicyclic) bond motifs is 1. The molecule has 20 heavy (non-hydrogen) atoms. The smallest absolute Gasteiger partial charge is 0.163 e. The molecular weight excluding hydrogens is 272 g/mol.